The normalized spacial score (nSPS) is 25.8. The minimum absolute atomic E-state index is 0.00939. The molecule has 0 saturated carbocycles. The summed E-state index contributed by atoms with van der Waals surface area (Å²) in [6.45, 7) is 5.35. The van der Waals surface area contributed by atoms with E-state index in [4.69, 9.17) is 15.2 Å². The number of aromatic nitrogens is 4. The fraction of sp³-hybridized carbons (Fsp3) is 0.625. The third-order valence-corrected chi connectivity index (χ3v) is 4.49. The van der Waals surface area contributed by atoms with Crippen LogP contribution in [-0.2, 0) is 14.3 Å². The van der Waals surface area contributed by atoms with Gasteiger partial charge in [-0.05, 0) is 0 Å². The predicted molar refractivity (Wildman–Crippen MR) is 94.2 cm³/mol. The molecule has 0 spiro atoms. The van der Waals surface area contributed by atoms with Crippen LogP contribution >= 0.6 is 0 Å². The van der Waals surface area contributed by atoms with Crippen LogP contribution < -0.4 is 11.1 Å². The van der Waals surface area contributed by atoms with E-state index in [-0.39, 0.29) is 30.4 Å². The molecule has 1 saturated heterocycles. The number of rotatable bonds is 5. The maximum Gasteiger partial charge on any atom is 0.308 e. The van der Waals surface area contributed by atoms with Crippen molar-refractivity contribution in [2.24, 2.45) is 11.8 Å². The summed E-state index contributed by atoms with van der Waals surface area (Å²) in [6, 6.07) is 0. The summed E-state index contributed by atoms with van der Waals surface area (Å²) in [5.41, 5.74) is 6.84. The molecule has 3 rings (SSSR count). The van der Waals surface area contributed by atoms with Gasteiger partial charge in [-0.3, -0.25) is 9.36 Å². The number of hydrogen-bond donors (Lipinski definition) is 3. The molecular formula is C16H24N6O4. The Morgan fingerprint density at radius 3 is 2.88 bits per heavy atom. The summed E-state index contributed by atoms with van der Waals surface area (Å²) in [5, 5.41) is 13.4. The van der Waals surface area contributed by atoms with E-state index in [0.29, 0.717) is 17.0 Å². The lowest BCUT2D eigenvalue weighted by atomic mass is 10.0. The highest BCUT2D eigenvalue weighted by Crippen LogP contribution is 2.36. The van der Waals surface area contributed by atoms with Crippen molar-refractivity contribution in [2.45, 2.75) is 39.2 Å². The number of hydrogen-bond acceptors (Lipinski definition) is 9. The summed E-state index contributed by atoms with van der Waals surface area (Å²) in [5.74, 6) is -0.204. The van der Waals surface area contributed by atoms with Crippen molar-refractivity contribution in [1.29, 1.82) is 0 Å². The molecule has 0 bridgehead atoms. The molecule has 0 amide bonds. The predicted octanol–water partition coefficient (Wildman–Crippen LogP) is 0.544. The molecule has 26 heavy (non-hydrogen) atoms. The van der Waals surface area contributed by atoms with Gasteiger partial charge >= 0.3 is 5.97 Å². The second kappa shape index (κ2) is 7.04. The first kappa shape index (κ1) is 18.3. The number of carbonyl (C=O) groups excluding carboxylic acids is 1. The van der Waals surface area contributed by atoms with E-state index >= 15 is 0 Å². The van der Waals surface area contributed by atoms with Crippen LogP contribution in [0, 0.1) is 11.8 Å². The SMILES string of the molecule is CNc1nc(N)nc2c1ncn2[C@@H]1O[C@H](COC(=O)C(C)C)[C@@H](O)[C@@H]1C. The van der Waals surface area contributed by atoms with Crippen molar-refractivity contribution >= 4 is 28.9 Å². The Morgan fingerprint density at radius 1 is 1.50 bits per heavy atom. The summed E-state index contributed by atoms with van der Waals surface area (Å²) in [4.78, 5) is 24.4. The molecule has 142 valence electrons. The summed E-state index contributed by atoms with van der Waals surface area (Å²) in [6.07, 6.45) is -0.356. The summed E-state index contributed by atoms with van der Waals surface area (Å²) < 4.78 is 12.9. The highest BCUT2D eigenvalue weighted by molar-refractivity contribution is 5.84. The van der Waals surface area contributed by atoms with Gasteiger partial charge in [-0.15, -0.1) is 0 Å². The van der Waals surface area contributed by atoms with E-state index in [0.717, 1.165) is 0 Å². The van der Waals surface area contributed by atoms with Crippen LogP contribution in [0.25, 0.3) is 11.2 Å². The van der Waals surface area contributed by atoms with Gasteiger partial charge in [0.2, 0.25) is 5.95 Å². The molecule has 0 aliphatic carbocycles. The first-order valence-corrected chi connectivity index (χ1v) is 8.51. The van der Waals surface area contributed by atoms with Crippen LogP contribution in [0.3, 0.4) is 0 Å². The van der Waals surface area contributed by atoms with Gasteiger partial charge in [0.15, 0.2) is 17.0 Å². The number of nitrogens with two attached hydrogens (primary N) is 1. The fourth-order valence-corrected chi connectivity index (χ4v) is 2.97. The van der Waals surface area contributed by atoms with Gasteiger partial charge in [0.1, 0.15) is 18.9 Å². The number of carbonyl (C=O) groups is 1. The Balaban J connectivity index is 1.85. The average Bonchev–Trinajstić information content (AvgIpc) is 3.14. The number of ether oxygens (including phenoxy) is 2. The van der Waals surface area contributed by atoms with Crippen LogP contribution in [0.5, 0.6) is 0 Å². The molecule has 2 aromatic heterocycles. The second-order valence-corrected chi connectivity index (χ2v) is 6.70. The molecule has 4 atom stereocenters. The molecule has 2 aromatic rings. The topological polar surface area (TPSA) is 137 Å². The zero-order valence-corrected chi connectivity index (χ0v) is 15.2. The van der Waals surface area contributed by atoms with Gasteiger partial charge in [-0.1, -0.05) is 20.8 Å². The molecule has 1 fully saturated rings. The van der Waals surface area contributed by atoms with Gasteiger partial charge in [-0.25, -0.2) is 4.98 Å². The van der Waals surface area contributed by atoms with Crippen molar-refractivity contribution < 1.29 is 19.4 Å². The van der Waals surface area contributed by atoms with Gasteiger partial charge in [0, 0.05) is 13.0 Å². The quantitative estimate of drug-likeness (QED) is 0.649. The van der Waals surface area contributed by atoms with E-state index in [1.807, 2.05) is 6.92 Å². The Labute approximate surface area is 150 Å². The highest BCUT2D eigenvalue weighted by atomic mass is 16.6. The number of nitrogens with one attached hydrogen (secondary N) is 1. The Morgan fingerprint density at radius 2 is 2.23 bits per heavy atom. The second-order valence-electron chi connectivity index (χ2n) is 6.70. The third kappa shape index (κ3) is 3.17. The van der Waals surface area contributed by atoms with Crippen LogP contribution in [0.2, 0.25) is 0 Å². The summed E-state index contributed by atoms with van der Waals surface area (Å²) >= 11 is 0. The van der Waals surface area contributed by atoms with E-state index in [1.54, 1.807) is 31.8 Å². The molecule has 0 radical (unpaired) electrons. The molecule has 1 aliphatic rings. The minimum Gasteiger partial charge on any atom is -0.463 e. The van der Waals surface area contributed by atoms with Crippen molar-refractivity contribution in [3.05, 3.63) is 6.33 Å². The number of nitrogen functional groups attached to an aromatic ring is 1. The zero-order valence-electron chi connectivity index (χ0n) is 15.2. The molecule has 0 unspecified atom stereocenters. The van der Waals surface area contributed by atoms with Crippen molar-refractivity contribution in [3.8, 4) is 0 Å². The lowest BCUT2D eigenvalue weighted by Gasteiger charge is -2.17. The van der Waals surface area contributed by atoms with E-state index in [1.165, 1.54) is 0 Å². The lowest BCUT2D eigenvalue weighted by molar-refractivity contribution is -0.153. The van der Waals surface area contributed by atoms with Crippen molar-refractivity contribution in [2.75, 3.05) is 24.7 Å². The standard InChI is InChI=1S/C16H24N6O4/c1-7(2)15(24)25-5-9-11(23)8(3)14(26-9)22-6-19-10-12(18-4)20-16(17)21-13(10)22/h6-9,11,14,23H,5H2,1-4H3,(H3,17,18,20,21)/t8-,9+,11-,14+/m0/s1. The number of aliphatic hydroxyl groups is 1. The number of imidazole rings is 1. The largest absolute Gasteiger partial charge is 0.463 e. The minimum atomic E-state index is -0.791. The Hall–Kier alpha value is -2.46. The smallest absolute Gasteiger partial charge is 0.308 e. The maximum absolute atomic E-state index is 11.7. The van der Waals surface area contributed by atoms with Gasteiger partial charge in [0.05, 0.1) is 18.3 Å². The van der Waals surface area contributed by atoms with Gasteiger partial charge in [0.25, 0.3) is 0 Å². The number of anilines is 2. The number of fused-ring (bicyclic) bond motifs is 1. The number of esters is 1. The zero-order chi connectivity index (χ0) is 19.0. The number of nitrogens with zero attached hydrogens (tertiary/aromatic N) is 4. The van der Waals surface area contributed by atoms with E-state index in [2.05, 4.69) is 20.3 Å². The van der Waals surface area contributed by atoms with Crippen LogP contribution in [0.4, 0.5) is 11.8 Å². The Kier molecular flexibility index (Phi) is 4.97. The van der Waals surface area contributed by atoms with Crippen LogP contribution in [0.15, 0.2) is 6.33 Å². The maximum atomic E-state index is 11.7. The first-order chi connectivity index (χ1) is 12.3. The number of aliphatic hydroxyl groups excluding tert-OH is 1. The van der Waals surface area contributed by atoms with Gasteiger partial charge < -0.3 is 25.6 Å². The molecule has 10 nitrogen and oxygen atoms in total. The molecule has 0 aromatic carbocycles. The van der Waals surface area contributed by atoms with Crippen molar-refractivity contribution in [1.82, 2.24) is 19.5 Å². The highest BCUT2D eigenvalue weighted by Gasteiger charge is 2.43. The average molecular weight is 364 g/mol. The van der Waals surface area contributed by atoms with E-state index in [9.17, 15) is 9.90 Å². The molecule has 3 heterocycles. The van der Waals surface area contributed by atoms with E-state index < -0.39 is 18.4 Å². The Bertz CT molecular complexity index is 807. The molecule has 4 N–H and O–H groups in total. The van der Waals surface area contributed by atoms with Crippen molar-refractivity contribution in [3.63, 3.8) is 0 Å². The fourth-order valence-electron chi connectivity index (χ4n) is 2.97. The summed E-state index contributed by atoms with van der Waals surface area (Å²) in [7, 11) is 1.72. The molecule has 10 heteroatoms. The monoisotopic (exact) mass is 364 g/mol. The van der Waals surface area contributed by atoms with Crippen LogP contribution in [-0.4, -0.2) is 56.5 Å². The first-order valence-electron chi connectivity index (χ1n) is 8.51. The molecular weight excluding hydrogens is 340 g/mol. The van der Waals surface area contributed by atoms with Crippen LogP contribution in [0.1, 0.15) is 27.0 Å². The molecule has 1 aliphatic heterocycles. The lowest BCUT2D eigenvalue weighted by Crippen LogP contribution is -2.31. The van der Waals surface area contributed by atoms with Gasteiger partial charge in [-0.2, -0.15) is 9.97 Å². The third-order valence-electron chi connectivity index (χ3n) is 4.49.